The lowest BCUT2D eigenvalue weighted by molar-refractivity contribution is -0.128. The van der Waals surface area contributed by atoms with Crippen LogP contribution in [0.4, 0.5) is 22.0 Å². The van der Waals surface area contributed by atoms with Crippen molar-refractivity contribution in [1.29, 1.82) is 0 Å². The molecule has 110 valence electrons. The molecule has 1 aromatic rings. The van der Waals surface area contributed by atoms with E-state index >= 15 is 0 Å². The van der Waals surface area contributed by atoms with Crippen molar-refractivity contribution in [3.8, 4) is 0 Å². The number of aliphatic hydroxyl groups excluding tert-OH is 1. The second-order valence-electron chi connectivity index (χ2n) is 4.75. The van der Waals surface area contributed by atoms with Crippen LogP contribution >= 0.6 is 0 Å². The van der Waals surface area contributed by atoms with Gasteiger partial charge in [0.05, 0.1) is 11.7 Å². The number of ketones is 1. The van der Waals surface area contributed by atoms with Gasteiger partial charge < -0.3 is 5.11 Å². The van der Waals surface area contributed by atoms with E-state index in [1.165, 1.54) is 0 Å². The first kappa shape index (κ1) is 14.9. The van der Waals surface area contributed by atoms with Gasteiger partial charge >= 0.3 is 0 Å². The topological polar surface area (TPSA) is 37.3 Å². The maximum absolute atomic E-state index is 13.5. The first-order chi connectivity index (χ1) is 9.36. The van der Waals surface area contributed by atoms with E-state index in [2.05, 4.69) is 0 Å². The van der Waals surface area contributed by atoms with Crippen LogP contribution in [0, 0.1) is 35.0 Å². The zero-order valence-corrected chi connectivity index (χ0v) is 10.2. The molecule has 2 atom stereocenters. The predicted molar refractivity (Wildman–Crippen MR) is 58.2 cm³/mol. The highest BCUT2D eigenvalue weighted by Crippen LogP contribution is 2.36. The second-order valence-corrected chi connectivity index (χ2v) is 4.75. The second kappa shape index (κ2) is 5.47. The smallest absolute Gasteiger partial charge is 0.200 e. The Bertz CT molecular complexity index is 529. The van der Waals surface area contributed by atoms with Gasteiger partial charge in [0.15, 0.2) is 23.3 Å². The molecule has 0 spiro atoms. The van der Waals surface area contributed by atoms with Crippen molar-refractivity contribution in [2.24, 2.45) is 5.92 Å². The molecule has 2 nitrogen and oxygen atoms in total. The van der Waals surface area contributed by atoms with Gasteiger partial charge in [-0.25, -0.2) is 22.0 Å². The van der Waals surface area contributed by atoms with Gasteiger partial charge in [-0.05, 0) is 12.8 Å². The summed E-state index contributed by atoms with van der Waals surface area (Å²) in [6.45, 7) is 0. The van der Waals surface area contributed by atoms with E-state index in [0.717, 1.165) is 0 Å². The monoisotopic (exact) mass is 294 g/mol. The van der Waals surface area contributed by atoms with Crippen LogP contribution in [0.25, 0.3) is 0 Å². The number of carbonyl (C=O) groups excluding carboxylic acids is 1. The number of Topliss-reactive ketones (excluding diaryl/α,β-unsaturated/α-hetero) is 1. The average Bonchev–Trinajstić information content (AvgIpc) is 2.43. The van der Waals surface area contributed by atoms with Crippen LogP contribution < -0.4 is 0 Å². The van der Waals surface area contributed by atoms with Gasteiger partial charge in [0.2, 0.25) is 5.82 Å². The molecule has 2 rings (SSSR count). The maximum Gasteiger partial charge on any atom is 0.200 e. The lowest BCUT2D eigenvalue weighted by Crippen LogP contribution is -2.27. The van der Waals surface area contributed by atoms with Gasteiger partial charge in [-0.2, -0.15) is 0 Å². The molecule has 0 saturated heterocycles. The van der Waals surface area contributed by atoms with Crippen molar-refractivity contribution in [2.75, 3.05) is 0 Å². The van der Waals surface area contributed by atoms with Crippen LogP contribution in [0.2, 0.25) is 0 Å². The minimum Gasteiger partial charge on any atom is -0.387 e. The quantitative estimate of drug-likeness (QED) is 0.517. The molecule has 1 saturated carbocycles. The molecule has 1 N–H and O–H groups in total. The summed E-state index contributed by atoms with van der Waals surface area (Å²) in [7, 11) is 0. The lowest BCUT2D eigenvalue weighted by atomic mass is 9.81. The Kier molecular flexibility index (Phi) is 4.08. The summed E-state index contributed by atoms with van der Waals surface area (Å²) in [6.07, 6.45) is -0.633. The van der Waals surface area contributed by atoms with Gasteiger partial charge in [-0.1, -0.05) is 6.42 Å². The third-order valence-electron chi connectivity index (χ3n) is 3.52. The van der Waals surface area contributed by atoms with Crippen molar-refractivity contribution < 1.29 is 31.9 Å². The minimum atomic E-state index is -2.29. The number of benzene rings is 1. The zero-order valence-electron chi connectivity index (χ0n) is 10.2. The summed E-state index contributed by atoms with van der Waals surface area (Å²) in [5.41, 5.74) is -1.33. The molecule has 1 fully saturated rings. The fourth-order valence-electron chi connectivity index (χ4n) is 2.43. The first-order valence-electron chi connectivity index (χ1n) is 6.08. The van der Waals surface area contributed by atoms with Crippen molar-refractivity contribution in [2.45, 2.75) is 31.8 Å². The zero-order chi connectivity index (χ0) is 15.0. The number of hydrogen-bond donors (Lipinski definition) is 1. The number of rotatable bonds is 2. The van der Waals surface area contributed by atoms with Crippen LogP contribution in [0.15, 0.2) is 0 Å². The summed E-state index contributed by atoms with van der Waals surface area (Å²) in [5.74, 6) is -12.3. The van der Waals surface area contributed by atoms with Gasteiger partial charge in [0.1, 0.15) is 5.78 Å². The summed E-state index contributed by atoms with van der Waals surface area (Å²) >= 11 is 0. The Morgan fingerprint density at radius 1 is 0.900 bits per heavy atom. The number of halogens is 5. The van der Waals surface area contributed by atoms with Crippen LogP contribution in [-0.2, 0) is 4.79 Å². The van der Waals surface area contributed by atoms with E-state index in [9.17, 15) is 31.9 Å². The van der Waals surface area contributed by atoms with Crippen LogP contribution in [0.3, 0.4) is 0 Å². The molecular formula is C13H11F5O2. The maximum atomic E-state index is 13.5. The van der Waals surface area contributed by atoms with Crippen molar-refractivity contribution in [3.63, 3.8) is 0 Å². The van der Waals surface area contributed by atoms with E-state index in [0.29, 0.717) is 12.8 Å². The molecule has 0 heterocycles. The largest absolute Gasteiger partial charge is 0.387 e. The van der Waals surface area contributed by atoms with Crippen LogP contribution in [-0.4, -0.2) is 10.9 Å². The Labute approximate surface area is 111 Å². The number of aliphatic hydroxyl groups is 1. The van der Waals surface area contributed by atoms with Crippen LogP contribution in [0.5, 0.6) is 0 Å². The average molecular weight is 294 g/mol. The minimum absolute atomic E-state index is 0.122. The lowest BCUT2D eigenvalue weighted by Gasteiger charge is -2.26. The fraction of sp³-hybridized carbons (Fsp3) is 0.462. The molecule has 0 amide bonds. The standard InChI is InChI=1S/C13H11F5O2/c14-8-7(9(15)11(17)12(18)10(8)16)13(20)5-3-1-2-4-6(5)19/h5,13,20H,1-4H2. The highest BCUT2D eigenvalue weighted by Gasteiger charge is 2.37. The summed E-state index contributed by atoms with van der Waals surface area (Å²) in [4.78, 5) is 11.6. The SMILES string of the molecule is O=C1CCCCC1C(O)c1c(F)c(F)c(F)c(F)c1F. The summed E-state index contributed by atoms with van der Waals surface area (Å²) < 4.78 is 66.1. The molecule has 1 aliphatic rings. The molecule has 20 heavy (non-hydrogen) atoms. The third kappa shape index (κ3) is 2.30. The highest BCUT2D eigenvalue weighted by atomic mass is 19.2. The van der Waals surface area contributed by atoms with E-state index in [-0.39, 0.29) is 12.8 Å². The van der Waals surface area contributed by atoms with Gasteiger partial charge in [0, 0.05) is 12.3 Å². The molecule has 0 radical (unpaired) electrons. The highest BCUT2D eigenvalue weighted by molar-refractivity contribution is 5.82. The van der Waals surface area contributed by atoms with Crippen molar-refractivity contribution >= 4 is 5.78 Å². The van der Waals surface area contributed by atoms with E-state index in [1.54, 1.807) is 0 Å². The van der Waals surface area contributed by atoms with Gasteiger partial charge in [0.25, 0.3) is 0 Å². The molecule has 0 aromatic heterocycles. The Morgan fingerprint density at radius 3 is 1.90 bits per heavy atom. The fourth-order valence-corrected chi connectivity index (χ4v) is 2.43. The number of carbonyl (C=O) groups is 1. The Morgan fingerprint density at radius 2 is 1.40 bits per heavy atom. The molecule has 1 aliphatic carbocycles. The molecule has 2 unspecified atom stereocenters. The Hall–Kier alpha value is -1.50. The van der Waals surface area contributed by atoms with Crippen molar-refractivity contribution in [3.05, 3.63) is 34.6 Å². The summed E-state index contributed by atoms with van der Waals surface area (Å²) in [5, 5.41) is 9.86. The summed E-state index contributed by atoms with van der Waals surface area (Å²) in [6, 6.07) is 0. The number of hydrogen-bond acceptors (Lipinski definition) is 2. The van der Waals surface area contributed by atoms with Crippen molar-refractivity contribution in [1.82, 2.24) is 0 Å². The molecule has 7 heteroatoms. The first-order valence-corrected chi connectivity index (χ1v) is 6.08. The normalized spacial score (nSPS) is 21.1. The van der Waals surface area contributed by atoms with E-state index in [4.69, 9.17) is 0 Å². The molecule has 0 bridgehead atoms. The molecule has 1 aromatic carbocycles. The predicted octanol–water partition coefficient (Wildman–Crippen LogP) is 3.17. The Balaban J connectivity index is 2.49. The third-order valence-corrected chi connectivity index (χ3v) is 3.52. The van der Waals surface area contributed by atoms with E-state index < -0.39 is 52.5 Å². The molecular weight excluding hydrogens is 283 g/mol. The van der Waals surface area contributed by atoms with Gasteiger partial charge in [-0.3, -0.25) is 4.79 Å². The van der Waals surface area contributed by atoms with E-state index in [1.807, 2.05) is 0 Å². The van der Waals surface area contributed by atoms with Crippen LogP contribution in [0.1, 0.15) is 37.4 Å². The molecule has 0 aliphatic heterocycles. The van der Waals surface area contributed by atoms with Gasteiger partial charge in [-0.15, -0.1) is 0 Å².